The fraction of sp³-hybridized carbons (Fsp3) is 0.677. The number of furan rings is 1. The minimum Gasteiger partial charge on any atom is -0.467 e. The summed E-state index contributed by atoms with van der Waals surface area (Å²) in [5.41, 5.74) is -7.32. The van der Waals surface area contributed by atoms with Crippen molar-refractivity contribution in [1.29, 1.82) is 0 Å². The van der Waals surface area contributed by atoms with E-state index < -0.39 is 101 Å². The molecule has 4 aliphatic rings. The molecule has 1 aliphatic heterocycles. The van der Waals surface area contributed by atoms with Crippen molar-refractivity contribution in [3.05, 3.63) is 35.3 Å². The summed E-state index contributed by atoms with van der Waals surface area (Å²) in [6.45, 7) is 7.94. The van der Waals surface area contributed by atoms with Crippen LogP contribution in [0.5, 0.6) is 0 Å². The molecule has 3 fully saturated rings. The minimum absolute atomic E-state index is 0.0269. The molecule has 5 rings (SSSR count). The number of amides is 1. The number of carbonyl (C=O) groups is 4. The molecule has 1 unspecified atom stereocenters. The lowest BCUT2D eigenvalue weighted by molar-refractivity contribution is -0.345. The van der Waals surface area contributed by atoms with Crippen LogP contribution < -0.4 is 5.32 Å². The van der Waals surface area contributed by atoms with Crippen molar-refractivity contribution < 1.29 is 63.3 Å². The van der Waals surface area contributed by atoms with Crippen molar-refractivity contribution >= 4 is 23.6 Å². The predicted molar refractivity (Wildman–Crippen MR) is 151 cm³/mol. The van der Waals surface area contributed by atoms with E-state index in [0.717, 1.165) is 6.92 Å². The quantitative estimate of drug-likeness (QED) is 0.173. The molecule has 14 heteroatoms. The molecule has 1 aromatic heterocycles. The molecule has 11 atom stereocenters. The molecule has 14 nitrogen and oxygen atoms in total. The summed E-state index contributed by atoms with van der Waals surface area (Å²) in [5, 5.41) is 61.2. The van der Waals surface area contributed by atoms with Gasteiger partial charge in [-0.1, -0.05) is 13.8 Å². The fourth-order valence-electron chi connectivity index (χ4n) is 8.14. The molecular weight excluding hydrogens is 594 g/mol. The number of Topliss-reactive ketones (excluding diaryl/α,β-unsaturated/α-hetero) is 1. The minimum atomic E-state index is -2.22. The summed E-state index contributed by atoms with van der Waals surface area (Å²) in [4.78, 5) is 52.2. The molecular formula is C31H41NO13. The number of ketones is 1. The van der Waals surface area contributed by atoms with Gasteiger partial charge in [0.2, 0.25) is 5.91 Å². The zero-order valence-corrected chi connectivity index (χ0v) is 26.0. The average molecular weight is 636 g/mol. The van der Waals surface area contributed by atoms with Gasteiger partial charge in [0.25, 0.3) is 0 Å². The van der Waals surface area contributed by atoms with Crippen molar-refractivity contribution in [3.63, 3.8) is 0 Å². The second-order valence-corrected chi connectivity index (χ2v) is 13.5. The molecule has 2 bridgehead atoms. The molecule has 248 valence electrons. The van der Waals surface area contributed by atoms with Gasteiger partial charge in [-0.2, -0.15) is 0 Å². The molecule has 2 saturated carbocycles. The monoisotopic (exact) mass is 635 g/mol. The Morgan fingerprint density at radius 1 is 1.11 bits per heavy atom. The Morgan fingerprint density at radius 2 is 1.78 bits per heavy atom. The van der Waals surface area contributed by atoms with Crippen LogP contribution in [0.25, 0.3) is 0 Å². The van der Waals surface area contributed by atoms with Crippen LogP contribution in [0, 0.1) is 16.7 Å². The number of aliphatic hydroxyl groups excluding tert-OH is 3. The second-order valence-electron chi connectivity index (χ2n) is 13.5. The van der Waals surface area contributed by atoms with Gasteiger partial charge < -0.3 is 49.5 Å². The zero-order valence-electron chi connectivity index (χ0n) is 26.0. The summed E-state index contributed by atoms with van der Waals surface area (Å²) >= 11 is 0. The first-order chi connectivity index (χ1) is 20.8. The third-order valence-electron chi connectivity index (χ3n) is 10.7. The smallest absolute Gasteiger partial charge is 0.338 e. The standard InChI is InChI=1S/C31H41NO13/c1-13-17(45-27(39)23(37)21(32-14(2)33)16-8-7-9-42-16)11-31(41)26(44-15(3)34)24-29(6,18(35)10-19-30(24,40)12-43-19)25(38)22(36)20(13)28(31,4)5/h7-9,17-19,21-24,26,35-37,40-41H,10-12H2,1-6H3,(H,32,33)/t17?,18-,19+,21-,22+,23+,24-,26-,29+,30-,31+/m0/s1. The van der Waals surface area contributed by atoms with Crippen LogP contribution in [-0.2, 0) is 33.4 Å². The maximum atomic E-state index is 14.3. The first kappa shape index (κ1) is 33.2. The average Bonchev–Trinajstić information content (AvgIpc) is 3.48. The van der Waals surface area contributed by atoms with Gasteiger partial charge >= 0.3 is 11.9 Å². The van der Waals surface area contributed by atoms with Crippen molar-refractivity contribution in [3.8, 4) is 0 Å². The van der Waals surface area contributed by atoms with Gasteiger partial charge in [-0.15, -0.1) is 0 Å². The van der Waals surface area contributed by atoms with Gasteiger partial charge in [0.1, 0.15) is 41.3 Å². The van der Waals surface area contributed by atoms with E-state index in [1.165, 1.54) is 53.0 Å². The topological polar surface area (TPSA) is 222 Å². The van der Waals surface area contributed by atoms with Gasteiger partial charge in [-0.3, -0.25) is 14.4 Å². The Labute approximate surface area is 259 Å². The highest BCUT2D eigenvalue weighted by Crippen LogP contribution is 2.63. The van der Waals surface area contributed by atoms with Crippen molar-refractivity contribution in [2.75, 3.05) is 6.61 Å². The zero-order chi connectivity index (χ0) is 33.4. The second kappa shape index (κ2) is 11.0. The van der Waals surface area contributed by atoms with E-state index in [0.29, 0.717) is 0 Å². The normalized spacial score (nSPS) is 40.0. The third-order valence-corrected chi connectivity index (χ3v) is 10.7. The third kappa shape index (κ3) is 4.76. The van der Waals surface area contributed by atoms with Gasteiger partial charge in [-0.25, -0.2) is 4.79 Å². The van der Waals surface area contributed by atoms with Crippen LogP contribution in [0.1, 0.15) is 66.2 Å². The lowest BCUT2D eigenvalue weighted by Gasteiger charge is -2.66. The van der Waals surface area contributed by atoms with E-state index in [-0.39, 0.29) is 29.9 Å². The number of ether oxygens (including phenoxy) is 3. The fourth-order valence-corrected chi connectivity index (χ4v) is 8.14. The van der Waals surface area contributed by atoms with Gasteiger partial charge in [0, 0.05) is 38.0 Å². The maximum absolute atomic E-state index is 14.3. The summed E-state index contributed by atoms with van der Waals surface area (Å²) in [6.07, 6.45) is -8.66. The molecule has 1 aromatic rings. The molecule has 1 amide bonds. The Bertz CT molecular complexity index is 1420. The van der Waals surface area contributed by atoms with Crippen LogP contribution >= 0.6 is 0 Å². The lowest BCUT2D eigenvalue weighted by Crippen LogP contribution is -2.81. The van der Waals surface area contributed by atoms with E-state index in [9.17, 15) is 44.7 Å². The SMILES string of the molecule is CC(=O)N[C@@H](c1ccco1)[C@@H](O)C(=O)OC1C[C@@]2(O)[C@@H](OC(C)=O)[C@@H]3[C@]4(O)CO[C@@H]4C[C@H](O)[C@@]3(C)C(=O)[C@H](O)C(=C1C)C2(C)C. The Hall–Kier alpha value is -3.14. The van der Waals surface area contributed by atoms with Crippen LogP contribution in [0.3, 0.4) is 0 Å². The number of rotatable bonds is 6. The number of carbonyl (C=O) groups excluding carboxylic acids is 4. The first-order valence-electron chi connectivity index (χ1n) is 14.9. The van der Waals surface area contributed by atoms with E-state index in [4.69, 9.17) is 18.6 Å². The highest BCUT2D eigenvalue weighted by atomic mass is 16.6. The molecule has 45 heavy (non-hydrogen) atoms. The van der Waals surface area contributed by atoms with E-state index >= 15 is 0 Å². The van der Waals surface area contributed by atoms with Crippen LogP contribution in [0.4, 0.5) is 0 Å². The van der Waals surface area contributed by atoms with E-state index in [1.54, 1.807) is 0 Å². The molecule has 0 spiro atoms. The molecule has 0 radical (unpaired) electrons. The number of hydrogen-bond donors (Lipinski definition) is 6. The Morgan fingerprint density at radius 3 is 2.31 bits per heavy atom. The number of aliphatic hydroxyl groups is 5. The molecule has 2 heterocycles. The van der Waals surface area contributed by atoms with Crippen molar-refractivity contribution in [1.82, 2.24) is 5.32 Å². The molecule has 6 N–H and O–H groups in total. The molecule has 0 aromatic carbocycles. The molecule has 3 aliphatic carbocycles. The van der Waals surface area contributed by atoms with Crippen LogP contribution in [0.2, 0.25) is 0 Å². The molecule has 1 saturated heterocycles. The first-order valence-corrected chi connectivity index (χ1v) is 14.9. The number of nitrogens with one attached hydrogen (secondary N) is 1. The Kier molecular flexibility index (Phi) is 8.11. The summed E-state index contributed by atoms with van der Waals surface area (Å²) in [6, 6.07) is 1.61. The van der Waals surface area contributed by atoms with Crippen molar-refractivity contribution in [2.24, 2.45) is 16.7 Å². The number of esters is 2. The van der Waals surface area contributed by atoms with Gasteiger partial charge in [0.05, 0.1) is 30.5 Å². The number of fused-ring (bicyclic) bond motifs is 5. The Balaban J connectivity index is 1.63. The van der Waals surface area contributed by atoms with Crippen molar-refractivity contribution in [2.45, 2.75) is 108 Å². The highest BCUT2D eigenvalue weighted by Gasteiger charge is 2.76. The number of hydrogen-bond acceptors (Lipinski definition) is 13. The van der Waals surface area contributed by atoms with E-state index in [2.05, 4.69) is 5.32 Å². The largest absolute Gasteiger partial charge is 0.467 e. The summed E-state index contributed by atoms with van der Waals surface area (Å²) in [5.74, 6) is -4.91. The lowest BCUT2D eigenvalue weighted by atomic mass is 9.45. The predicted octanol–water partition coefficient (Wildman–Crippen LogP) is -0.401. The highest BCUT2D eigenvalue weighted by molar-refractivity contribution is 5.93. The summed E-state index contributed by atoms with van der Waals surface area (Å²) in [7, 11) is 0. The maximum Gasteiger partial charge on any atom is 0.338 e. The van der Waals surface area contributed by atoms with E-state index in [1.807, 2.05) is 0 Å². The van der Waals surface area contributed by atoms with Gasteiger partial charge in [-0.05, 0) is 37.1 Å². The van der Waals surface area contributed by atoms with Gasteiger partial charge in [0.15, 0.2) is 11.9 Å². The van der Waals surface area contributed by atoms with Crippen LogP contribution in [-0.4, -0.2) is 104 Å². The summed E-state index contributed by atoms with van der Waals surface area (Å²) < 4.78 is 22.3. The van der Waals surface area contributed by atoms with Crippen LogP contribution in [0.15, 0.2) is 34.0 Å².